The van der Waals surface area contributed by atoms with Gasteiger partial charge in [-0.15, -0.1) is 0 Å². The summed E-state index contributed by atoms with van der Waals surface area (Å²) < 4.78 is 0. The number of nitrogens with zero attached hydrogens (tertiary/aromatic N) is 3. The molecule has 0 radical (unpaired) electrons. The third-order valence-corrected chi connectivity index (χ3v) is 6.13. The highest BCUT2D eigenvalue weighted by Crippen LogP contribution is 2.24. The summed E-state index contributed by atoms with van der Waals surface area (Å²) in [5, 5.41) is 14.9. The summed E-state index contributed by atoms with van der Waals surface area (Å²) in [5.74, 6) is -0.0928. The van der Waals surface area contributed by atoms with Crippen LogP contribution in [-0.2, 0) is 13.1 Å². The van der Waals surface area contributed by atoms with Crippen molar-refractivity contribution in [2.24, 2.45) is 0 Å². The summed E-state index contributed by atoms with van der Waals surface area (Å²) in [4.78, 5) is 29.2. The van der Waals surface area contributed by atoms with Crippen LogP contribution in [0.5, 0.6) is 0 Å². The van der Waals surface area contributed by atoms with Crippen LogP contribution in [-0.4, -0.2) is 47.9 Å². The van der Waals surface area contributed by atoms with Gasteiger partial charge in [0.05, 0.1) is 11.6 Å². The highest BCUT2D eigenvalue weighted by Gasteiger charge is 2.23. The molecule has 32 heavy (non-hydrogen) atoms. The van der Waals surface area contributed by atoms with Gasteiger partial charge in [-0.3, -0.25) is 4.79 Å². The molecule has 0 saturated carbocycles. The number of fused-ring (bicyclic) bond motifs is 1. The number of nitriles is 1. The maximum atomic E-state index is 12.6. The van der Waals surface area contributed by atoms with Crippen molar-refractivity contribution in [3.8, 4) is 6.07 Å². The number of nitrogens with one attached hydrogen (secondary N) is 2. The Morgan fingerprint density at radius 1 is 0.969 bits per heavy atom. The van der Waals surface area contributed by atoms with Crippen LogP contribution in [0.2, 0.25) is 0 Å². The Balaban J connectivity index is 1.22. The van der Waals surface area contributed by atoms with Crippen LogP contribution < -0.4 is 10.6 Å². The van der Waals surface area contributed by atoms with Crippen LogP contribution in [0.4, 0.5) is 10.5 Å². The van der Waals surface area contributed by atoms with Gasteiger partial charge in [-0.25, -0.2) is 4.79 Å². The largest absolute Gasteiger partial charge is 0.352 e. The van der Waals surface area contributed by atoms with Gasteiger partial charge in [-0.1, -0.05) is 12.5 Å². The summed E-state index contributed by atoms with van der Waals surface area (Å²) in [6, 6.07) is 14.4. The van der Waals surface area contributed by atoms with Crippen molar-refractivity contribution in [1.29, 1.82) is 5.26 Å². The fraction of sp³-hybridized carbons (Fsp3) is 0.400. The second-order valence-electron chi connectivity index (χ2n) is 8.47. The van der Waals surface area contributed by atoms with E-state index in [1.807, 2.05) is 12.1 Å². The molecular formula is C25H29N5O2. The summed E-state index contributed by atoms with van der Waals surface area (Å²) in [7, 11) is 0. The number of amides is 3. The van der Waals surface area contributed by atoms with Crippen molar-refractivity contribution < 1.29 is 9.59 Å². The molecule has 0 aromatic heterocycles. The lowest BCUT2D eigenvalue weighted by Crippen LogP contribution is -2.33. The number of rotatable bonds is 6. The van der Waals surface area contributed by atoms with E-state index in [4.69, 9.17) is 5.26 Å². The number of hydrogen-bond donors (Lipinski definition) is 2. The van der Waals surface area contributed by atoms with Crippen molar-refractivity contribution in [3.05, 3.63) is 64.7 Å². The zero-order valence-electron chi connectivity index (χ0n) is 18.3. The summed E-state index contributed by atoms with van der Waals surface area (Å²) in [5.41, 5.74) is 3.90. The molecule has 7 nitrogen and oxygen atoms in total. The van der Waals surface area contributed by atoms with Crippen molar-refractivity contribution in [1.82, 2.24) is 15.1 Å². The van der Waals surface area contributed by atoms with Crippen molar-refractivity contribution in [2.75, 3.05) is 31.5 Å². The minimum atomic E-state index is -0.199. The lowest BCUT2D eigenvalue weighted by Gasteiger charge is -2.26. The monoisotopic (exact) mass is 431 g/mol. The maximum Gasteiger partial charge on any atom is 0.322 e. The Morgan fingerprint density at radius 2 is 1.72 bits per heavy atom. The second kappa shape index (κ2) is 10.3. The second-order valence-corrected chi connectivity index (χ2v) is 8.47. The van der Waals surface area contributed by atoms with Crippen LogP contribution in [0.1, 0.15) is 52.7 Å². The Kier molecular flexibility index (Phi) is 7.03. The average molecular weight is 432 g/mol. The normalized spacial score (nSPS) is 15.7. The third kappa shape index (κ3) is 5.45. The van der Waals surface area contributed by atoms with Gasteiger partial charge in [-0.05, 0) is 86.4 Å². The predicted octanol–water partition coefficient (Wildman–Crippen LogP) is 3.71. The van der Waals surface area contributed by atoms with Gasteiger partial charge >= 0.3 is 6.03 Å². The van der Waals surface area contributed by atoms with E-state index in [0.717, 1.165) is 24.1 Å². The topological polar surface area (TPSA) is 88.5 Å². The number of carbonyl (C=O) groups excluding carboxylic acids is 2. The Bertz CT molecular complexity index is 1010. The molecule has 2 aliphatic rings. The third-order valence-electron chi connectivity index (χ3n) is 6.13. The molecule has 2 aromatic carbocycles. The molecule has 2 N–H and O–H groups in total. The van der Waals surface area contributed by atoms with Crippen LogP contribution in [0.3, 0.4) is 0 Å². The molecule has 1 fully saturated rings. The van der Waals surface area contributed by atoms with E-state index in [2.05, 4.69) is 21.6 Å². The summed E-state index contributed by atoms with van der Waals surface area (Å²) in [6.07, 6.45) is 4.84. The van der Waals surface area contributed by atoms with Crippen molar-refractivity contribution in [2.45, 2.75) is 38.8 Å². The van der Waals surface area contributed by atoms with E-state index in [0.29, 0.717) is 36.4 Å². The quantitative estimate of drug-likeness (QED) is 0.683. The van der Waals surface area contributed by atoms with Gasteiger partial charge in [-0.2, -0.15) is 5.26 Å². The fourth-order valence-electron chi connectivity index (χ4n) is 4.30. The molecule has 2 heterocycles. The zero-order chi connectivity index (χ0) is 22.3. The lowest BCUT2D eigenvalue weighted by atomic mass is 10.1. The van der Waals surface area contributed by atoms with Gasteiger partial charge in [0.15, 0.2) is 0 Å². The van der Waals surface area contributed by atoms with Crippen molar-refractivity contribution >= 4 is 17.6 Å². The van der Waals surface area contributed by atoms with Crippen LogP contribution >= 0.6 is 0 Å². The number of likely N-dealkylation sites (tertiary alicyclic amines) is 1. The number of carbonyl (C=O) groups is 2. The van der Waals surface area contributed by atoms with Crippen LogP contribution in [0.15, 0.2) is 42.5 Å². The number of anilines is 1. The molecule has 2 aromatic rings. The number of piperidine rings is 1. The Morgan fingerprint density at radius 3 is 2.47 bits per heavy atom. The molecule has 0 bridgehead atoms. The summed E-state index contributed by atoms with van der Waals surface area (Å²) >= 11 is 0. The molecule has 1 saturated heterocycles. The smallest absolute Gasteiger partial charge is 0.322 e. The molecule has 7 heteroatoms. The SMILES string of the molecule is N#Cc1ccc2c(c1)CN(C(=O)Nc1ccc(C(=O)NCCCN3CCCCC3)cc1)C2. The van der Waals surface area contributed by atoms with E-state index in [9.17, 15) is 9.59 Å². The maximum absolute atomic E-state index is 12.6. The van der Waals surface area contributed by atoms with Crippen LogP contribution in [0.25, 0.3) is 0 Å². The Labute approximate surface area is 189 Å². The van der Waals surface area contributed by atoms with Crippen LogP contribution in [0, 0.1) is 11.3 Å². The fourth-order valence-corrected chi connectivity index (χ4v) is 4.30. The molecule has 0 aliphatic carbocycles. The van der Waals surface area contributed by atoms with Gasteiger partial charge in [0.25, 0.3) is 5.91 Å². The molecule has 2 aliphatic heterocycles. The van der Waals surface area contributed by atoms with E-state index in [1.54, 1.807) is 35.2 Å². The van der Waals surface area contributed by atoms with E-state index >= 15 is 0 Å². The standard InChI is InChI=1S/C25H29N5O2/c26-16-19-5-6-21-17-30(18-22(21)15-19)25(32)28-23-9-7-20(8-10-23)24(31)27-11-4-14-29-12-2-1-3-13-29/h5-10,15H,1-4,11-14,17-18H2,(H,27,31)(H,28,32). The minimum Gasteiger partial charge on any atom is -0.352 e. The molecule has 0 unspecified atom stereocenters. The molecular weight excluding hydrogens is 402 g/mol. The first-order valence-corrected chi connectivity index (χ1v) is 11.3. The number of urea groups is 1. The number of hydrogen-bond acceptors (Lipinski definition) is 4. The zero-order valence-corrected chi connectivity index (χ0v) is 18.3. The highest BCUT2D eigenvalue weighted by atomic mass is 16.2. The van der Waals surface area contributed by atoms with Gasteiger partial charge in [0, 0.05) is 30.9 Å². The average Bonchev–Trinajstić information content (AvgIpc) is 3.26. The van der Waals surface area contributed by atoms with E-state index in [1.165, 1.54) is 32.4 Å². The van der Waals surface area contributed by atoms with Crippen molar-refractivity contribution in [3.63, 3.8) is 0 Å². The number of benzene rings is 2. The first-order valence-electron chi connectivity index (χ1n) is 11.3. The highest BCUT2D eigenvalue weighted by molar-refractivity contribution is 5.95. The van der Waals surface area contributed by atoms with E-state index in [-0.39, 0.29) is 11.9 Å². The minimum absolute atomic E-state index is 0.0928. The Hall–Kier alpha value is -3.37. The molecule has 0 atom stereocenters. The lowest BCUT2D eigenvalue weighted by molar-refractivity contribution is 0.0951. The first-order chi connectivity index (χ1) is 15.6. The van der Waals surface area contributed by atoms with Gasteiger partial charge in [0.2, 0.25) is 0 Å². The molecule has 3 amide bonds. The molecule has 4 rings (SSSR count). The van der Waals surface area contributed by atoms with Gasteiger partial charge in [0.1, 0.15) is 0 Å². The molecule has 166 valence electrons. The predicted molar refractivity (Wildman–Crippen MR) is 123 cm³/mol. The first kappa shape index (κ1) is 21.8. The van der Waals surface area contributed by atoms with Gasteiger partial charge < -0.3 is 20.4 Å². The summed E-state index contributed by atoms with van der Waals surface area (Å²) in [6.45, 7) is 5.04. The van der Waals surface area contributed by atoms with E-state index < -0.39 is 0 Å². The molecule has 0 spiro atoms.